The van der Waals surface area contributed by atoms with Crippen LogP contribution in [-0.2, 0) is 9.53 Å². The van der Waals surface area contributed by atoms with Gasteiger partial charge in [-0.25, -0.2) is 4.79 Å². The van der Waals surface area contributed by atoms with E-state index < -0.39 is 12.1 Å². The van der Waals surface area contributed by atoms with Crippen LogP contribution in [0, 0.1) is 0 Å². The number of ether oxygens (including phenoxy) is 2. The number of hydrogen-bond donors (Lipinski definition) is 1. The largest absolute Gasteiger partial charge is 0.491 e. The second-order valence-corrected chi connectivity index (χ2v) is 7.19. The summed E-state index contributed by atoms with van der Waals surface area (Å²) in [7, 11) is 0. The number of carbonyl (C=O) groups is 1. The zero-order valence-electron chi connectivity index (χ0n) is 14.9. The molecule has 27 heavy (non-hydrogen) atoms. The molecule has 2 aromatic carbocycles. The van der Waals surface area contributed by atoms with E-state index in [-0.39, 0.29) is 18.6 Å². The van der Waals surface area contributed by atoms with E-state index in [0.29, 0.717) is 28.5 Å². The molecule has 6 heteroatoms. The lowest BCUT2D eigenvalue weighted by Crippen LogP contribution is -2.25. The number of fused-ring (bicyclic) bond motifs is 2. The number of hydrogen-bond acceptors (Lipinski definition) is 6. The SMILES string of the molecule is C=C(CC)C(=O)OCC(O)COc1ccc2sc3ccccc3c(=O)c2c1. The van der Waals surface area contributed by atoms with Crippen LogP contribution in [0.15, 0.2) is 59.4 Å². The van der Waals surface area contributed by atoms with E-state index in [9.17, 15) is 14.7 Å². The zero-order valence-corrected chi connectivity index (χ0v) is 15.8. The average Bonchev–Trinajstić information content (AvgIpc) is 2.70. The molecule has 1 heterocycles. The molecule has 3 aromatic rings. The molecule has 0 aliphatic carbocycles. The second kappa shape index (κ2) is 8.33. The third-order valence-corrected chi connectivity index (χ3v) is 5.26. The Bertz CT molecular complexity index is 1050. The molecule has 1 unspecified atom stereocenters. The standard InChI is InChI=1S/C21H20O5S/c1-3-13(2)21(24)26-12-14(22)11-25-15-8-9-19-17(10-15)20(23)16-6-4-5-7-18(16)27-19/h4-10,14,22H,2-3,11-12H2,1H3. The molecule has 1 atom stereocenters. The van der Waals surface area contributed by atoms with E-state index in [1.165, 1.54) is 0 Å². The van der Waals surface area contributed by atoms with Crippen LogP contribution < -0.4 is 10.2 Å². The molecule has 140 valence electrons. The minimum absolute atomic E-state index is 0.0441. The Kier molecular flexibility index (Phi) is 5.88. The number of aliphatic hydroxyl groups excluding tert-OH is 1. The van der Waals surface area contributed by atoms with Crippen molar-refractivity contribution in [3.63, 3.8) is 0 Å². The lowest BCUT2D eigenvalue weighted by Gasteiger charge is -2.13. The van der Waals surface area contributed by atoms with E-state index >= 15 is 0 Å². The van der Waals surface area contributed by atoms with Gasteiger partial charge >= 0.3 is 5.97 Å². The molecule has 0 fully saturated rings. The van der Waals surface area contributed by atoms with Crippen LogP contribution in [0.4, 0.5) is 0 Å². The monoisotopic (exact) mass is 384 g/mol. The molecule has 0 spiro atoms. The second-order valence-electron chi connectivity index (χ2n) is 6.11. The van der Waals surface area contributed by atoms with Crippen molar-refractivity contribution in [2.45, 2.75) is 19.4 Å². The Hall–Kier alpha value is -2.70. The van der Waals surface area contributed by atoms with Crippen LogP contribution in [0.3, 0.4) is 0 Å². The molecule has 5 nitrogen and oxygen atoms in total. The van der Waals surface area contributed by atoms with Crippen LogP contribution in [0.5, 0.6) is 5.75 Å². The highest BCUT2D eigenvalue weighted by atomic mass is 32.1. The predicted molar refractivity (Wildman–Crippen MR) is 107 cm³/mol. The molecule has 0 aliphatic rings. The van der Waals surface area contributed by atoms with Gasteiger partial charge in [0.05, 0.1) is 0 Å². The minimum atomic E-state index is -0.972. The summed E-state index contributed by atoms with van der Waals surface area (Å²) in [4.78, 5) is 24.2. The number of aliphatic hydroxyl groups is 1. The van der Waals surface area contributed by atoms with Crippen molar-refractivity contribution in [3.05, 3.63) is 64.8 Å². The fourth-order valence-corrected chi connectivity index (χ4v) is 3.58. The van der Waals surface area contributed by atoms with Gasteiger partial charge in [0.2, 0.25) is 0 Å². The van der Waals surface area contributed by atoms with Crippen LogP contribution >= 0.6 is 11.3 Å². The highest BCUT2D eigenvalue weighted by molar-refractivity contribution is 7.24. The van der Waals surface area contributed by atoms with Gasteiger partial charge in [0.25, 0.3) is 0 Å². The van der Waals surface area contributed by atoms with Crippen molar-refractivity contribution in [2.75, 3.05) is 13.2 Å². The summed E-state index contributed by atoms with van der Waals surface area (Å²) in [5.74, 6) is -0.0444. The molecular weight excluding hydrogens is 364 g/mol. The normalized spacial score (nSPS) is 12.1. The van der Waals surface area contributed by atoms with E-state index in [4.69, 9.17) is 9.47 Å². The molecule has 1 aromatic heterocycles. The first-order chi connectivity index (χ1) is 13.0. The first kappa shape index (κ1) is 19.1. The number of benzene rings is 2. The molecule has 0 radical (unpaired) electrons. The highest BCUT2D eigenvalue weighted by Gasteiger charge is 2.12. The van der Waals surface area contributed by atoms with Crippen molar-refractivity contribution < 1.29 is 19.4 Å². The average molecular weight is 384 g/mol. The number of carbonyl (C=O) groups excluding carboxylic acids is 1. The van der Waals surface area contributed by atoms with Crippen molar-refractivity contribution in [1.82, 2.24) is 0 Å². The fourth-order valence-electron chi connectivity index (χ4n) is 2.53. The van der Waals surface area contributed by atoms with Crippen molar-refractivity contribution in [1.29, 1.82) is 0 Å². The third-order valence-electron chi connectivity index (χ3n) is 4.11. The Morgan fingerprint density at radius 2 is 1.89 bits per heavy atom. The highest BCUT2D eigenvalue weighted by Crippen LogP contribution is 2.27. The lowest BCUT2D eigenvalue weighted by molar-refractivity contribution is -0.142. The van der Waals surface area contributed by atoms with E-state index in [0.717, 1.165) is 9.40 Å². The third kappa shape index (κ3) is 4.35. The molecule has 0 aliphatic heterocycles. The van der Waals surface area contributed by atoms with Gasteiger partial charge in [0.15, 0.2) is 5.43 Å². The quantitative estimate of drug-likeness (QED) is 0.382. The first-order valence-electron chi connectivity index (χ1n) is 8.61. The predicted octanol–water partition coefficient (Wildman–Crippen LogP) is 3.66. The van der Waals surface area contributed by atoms with Gasteiger partial charge in [0, 0.05) is 25.7 Å². The summed E-state index contributed by atoms with van der Waals surface area (Å²) in [6.45, 7) is 5.16. The molecular formula is C21H20O5S. The fraction of sp³-hybridized carbons (Fsp3) is 0.238. The summed E-state index contributed by atoms with van der Waals surface area (Å²) in [6, 6.07) is 12.8. The number of esters is 1. The van der Waals surface area contributed by atoms with Gasteiger partial charge in [-0.2, -0.15) is 0 Å². The van der Waals surface area contributed by atoms with Gasteiger partial charge < -0.3 is 14.6 Å². The molecule has 0 saturated carbocycles. The lowest BCUT2D eigenvalue weighted by atomic mass is 10.2. The van der Waals surface area contributed by atoms with Crippen LogP contribution in [0.25, 0.3) is 20.2 Å². The molecule has 0 bridgehead atoms. The Labute approximate surface area is 160 Å². The zero-order chi connectivity index (χ0) is 19.4. The van der Waals surface area contributed by atoms with Gasteiger partial charge in [-0.3, -0.25) is 4.79 Å². The maximum Gasteiger partial charge on any atom is 0.333 e. The molecule has 0 amide bonds. The summed E-state index contributed by atoms with van der Waals surface area (Å²) in [5, 5.41) is 11.2. The van der Waals surface area contributed by atoms with Crippen LogP contribution in [-0.4, -0.2) is 30.4 Å². The Balaban J connectivity index is 1.70. The summed E-state index contributed by atoms with van der Waals surface area (Å²) < 4.78 is 12.3. The first-order valence-corrected chi connectivity index (χ1v) is 9.42. The van der Waals surface area contributed by atoms with Crippen LogP contribution in [0.2, 0.25) is 0 Å². The van der Waals surface area contributed by atoms with E-state index in [2.05, 4.69) is 6.58 Å². The van der Waals surface area contributed by atoms with Crippen molar-refractivity contribution >= 4 is 37.5 Å². The Morgan fingerprint density at radius 3 is 2.67 bits per heavy atom. The van der Waals surface area contributed by atoms with Gasteiger partial charge in [-0.05, 0) is 36.8 Å². The van der Waals surface area contributed by atoms with Crippen molar-refractivity contribution in [3.8, 4) is 5.75 Å². The molecule has 3 rings (SSSR count). The topological polar surface area (TPSA) is 72.8 Å². The van der Waals surface area contributed by atoms with Crippen LogP contribution in [0.1, 0.15) is 13.3 Å². The smallest absolute Gasteiger partial charge is 0.333 e. The summed E-state index contributed by atoms with van der Waals surface area (Å²) >= 11 is 1.54. The van der Waals surface area contributed by atoms with Gasteiger partial charge in [-0.15, -0.1) is 11.3 Å². The van der Waals surface area contributed by atoms with Gasteiger partial charge in [0.1, 0.15) is 25.1 Å². The molecule has 0 saturated heterocycles. The van der Waals surface area contributed by atoms with Gasteiger partial charge in [-0.1, -0.05) is 25.6 Å². The maximum absolute atomic E-state index is 12.7. The Morgan fingerprint density at radius 1 is 1.15 bits per heavy atom. The van der Waals surface area contributed by atoms with E-state index in [1.807, 2.05) is 30.3 Å². The van der Waals surface area contributed by atoms with Crippen molar-refractivity contribution in [2.24, 2.45) is 0 Å². The summed E-state index contributed by atoms with van der Waals surface area (Å²) in [6.07, 6.45) is -0.476. The van der Waals surface area contributed by atoms with E-state index in [1.54, 1.807) is 30.4 Å². The summed E-state index contributed by atoms with van der Waals surface area (Å²) in [5.41, 5.74) is 0.312. The molecule has 1 N–H and O–H groups in total. The maximum atomic E-state index is 12.7. The minimum Gasteiger partial charge on any atom is -0.491 e. The number of rotatable bonds is 7.